The lowest BCUT2D eigenvalue weighted by atomic mass is 9.79. The Balaban J connectivity index is 1.59. The van der Waals surface area contributed by atoms with Crippen LogP contribution < -0.4 is 10.6 Å². The zero-order chi connectivity index (χ0) is 19.7. The largest absolute Gasteiger partial charge is 0.355 e. The number of hydrogen-bond donors (Lipinski definition) is 2. The van der Waals surface area contributed by atoms with Crippen molar-refractivity contribution in [1.29, 1.82) is 0 Å². The summed E-state index contributed by atoms with van der Waals surface area (Å²) >= 11 is 0. The van der Waals surface area contributed by atoms with Crippen molar-refractivity contribution in [3.8, 4) is 0 Å². The quantitative estimate of drug-likeness (QED) is 0.583. The Morgan fingerprint density at radius 2 is 2.04 bits per heavy atom. The highest BCUT2D eigenvalue weighted by molar-refractivity contribution is 5.81. The van der Waals surface area contributed by atoms with Gasteiger partial charge < -0.3 is 15.5 Å². The van der Waals surface area contributed by atoms with Crippen molar-refractivity contribution >= 4 is 11.9 Å². The number of rotatable bonds is 3. The van der Waals surface area contributed by atoms with Crippen LogP contribution in [0.4, 0.5) is 0 Å². The number of hydrogen-bond acceptors (Lipinski definition) is 3. The van der Waals surface area contributed by atoms with Gasteiger partial charge in [0.2, 0.25) is 5.91 Å². The van der Waals surface area contributed by atoms with E-state index in [2.05, 4.69) is 53.1 Å². The molecule has 3 saturated heterocycles. The first-order valence-corrected chi connectivity index (χ1v) is 10.7. The monoisotopic (exact) mass is 377 g/mol. The molecule has 0 saturated carbocycles. The minimum atomic E-state index is 0.0945. The van der Waals surface area contributed by atoms with Crippen LogP contribution in [0, 0.1) is 17.3 Å². The summed E-state index contributed by atoms with van der Waals surface area (Å²) in [6, 6.07) is 0. The Bertz CT molecular complexity index is 565. The first kappa shape index (κ1) is 20.4. The number of carbonyl (C=O) groups is 1. The van der Waals surface area contributed by atoms with Crippen molar-refractivity contribution < 1.29 is 4.79 Å². The standard InChI is InChI=1S/C21H39N5O/c1-16-9-17(2)12-26(11-16)20(3,4)13-24-19(22-5)25-8-6-7-21(15-25)10-18(27)23-14-21/h16-17H,6-15H2,1-5H3,(H,22,24)(H,23,27). The number of amides is 1. The lowest BCUT2D eigenvalue weighted by Gasteiger charge is -2.46. The van der Waals surface area contributed by atoms with Gasteiger partial charge >= 0.3 is 0 Å². The van der Waals surface area contributed by atoms with E-state index >= 15 is 0 Å². The fourth-order valence-electron chi connectivity index (χ4n) is 5.33. The van der Waals surface area contributed by atoms with Crippen molar-refractivity contribution in [2.75, 3.05) is 46.3 Å². The van der Waals surface area contributed by atoms with Gasteiger partial charge in [-0.05, 0) is 44.9 Å². The van der Waals surface area contributed by atoms with Crippen molar-refractivity contribution in [3.63, 3.8) is 0 Å². The average molecular weight is 378 g/mol. The Morgan fingerprint density at radius 3 is 2.63 bits per heavy atom. The number of nitrogens with zero attached hydrogens (tertiary/aromatic N) is 3. The fraction of sp³-hybridized carbons (Fsp3) is 0.905. The number of nitrogens with one attached hydrogen (secondary N) is 2. The second kappa shape index (κ2) is 7.98. The van der Waals surface area contributed by atoms with E-state index in [-0.39, 0.29) is 16.9 Å². The van der Waals surface area contributed by atoms with Crippen LogP contribution >= 0.6 is 0 Å². The number of piperidine rings is 2. The zero-order valence-corrected chi connectivity index (χ0v) is 18.0. The molecular formula is C21H39N5O. The number of likely N-dealkylation sites (tertiary alicyclic amines) is 2. The van der Waals surface area contributed by atoms with Gasteiger partial charge in [-0.3, -0.25) is 14.7 Å². The fourth-order valence-corrected chi connectivity index (χ4v) is 5.33. The maximum Gasteiger partial charge on any atom is 0.220 e. The summed E-state index contributed by atoms with van der Waals surface area (Å²) in [5, 5.41) is 6.69. The van der Waals surface area contributed by atoms with Crippen LogP contribution in [0.3, 0.4) is 0 Å². The number of carbonyl (C=O) groups excluding carboxylic acids is 1. The van der Waals surface area contributed by atoms with Crippen molar-refractivity contribution in [1.82, 2.24) is 20.4 Å². The molecule has 154 valence electrons. The number of aliphatic imine (C=N–C) groups is 1. The second-order valence-corrected chi connectivity index (χ2v) is 10.0. The molecule has 0 radical (unpaired) electrons. The summed E-state index contributed by atoms with van der Waals surface area (Å²) < 4.78 is 0. The van der Waals surface area contributed by atoms with Gasteiger partial charge in [0, 0.05) is 63.7 Å². The summed E-state index contributed by atoms with van der Waals surface area (Å²) in [4.78, 5) is 21.3. The normalized spacial score (nSPS) is 33.4. The molecule has 1 amide bonds. The van der Waals surface area contributed by atoms with E-state index in [1.54, 1.807) is 0 Å². The molecule has 3 aliphatic heterocycles. The summed E-state index contributed by atoms with van der Waals surface area (Å²) in [6.07, 6.45) is 4.26. The van der Waals surface area contributed by atoms with Crippen LogP contribution in [0.15, 0.2) is 4.99 Å². The highest BCUT2D eigenvalue weighted by atomic mass is 16.1. The van der Waals surface area contributed by atoms with E-state index in [4.69, 9.17) is 0 Å². The first-order chi connectivity index (χ1) is 12.7. The smallest absolute Gasteiger partial charge is 0.220 e. The van der Waals surface area contributed by atoms with Crippen LogP contribution in [0.5, 0.6) is 0 Å². The van der Waals surface area contributed by atoms with Crippen LogP contribution in [0.1, 0.15) is 53.4 Å². The highest BCUT2D eigenvalue weighted by Gasteiger charge is 2.42. The van der Waals surface area contributed by atoms with Crippen molar-refractivity contribution in [2.45, 2.75) is 58.9 Å². The van der Waals surface area contributed by atoms with Gasteiger partial charge in [-0.2, -0.15) is 0 Å². The summed E-state index contributed by atoms with van der Waals surface area (Å²) in [7, 11) is 1.87. The Kier molecular flexibility index (Phi) is 6.04. The molecule has 3 fully saturated rings. The zero-order valence-electron chi connectivity index (χ0n) is 18.0. The number of guanidine groups is 1. The topological polar surface area (TPSA) is 60.0 Å². The molecule has 3 rings (SSSR count). The van der Waals surface area contributed by atoms with Crippen LogP contribution in [-0.2, 0) is 4.79 Å². The molecule has 3 heterocycles. The Morgan fingerprint density at radius 1 is 1.33 bits per heavy atom. The molecule has 0 bridgehead atoms. The SMILES string of the molecule is CN=C(NCC(C)(C)N1CC(C)CC(C)C1)N1CCCC2(CNC(=O)C2)C1. The third-order valence-electron chi connectivity index (χ3n) is 6.77. The van der Waals surface area contributed by atoms with Gasteiger partial charge in [0.15, 0.2) is 5.96 Å². The molecule has 27 heavy (non-hydrogen) atoms. The summed E-state index contributed by atoms with van der Waals surface area (Å²) in [5.41, 5.74) is 0.192. The van der Waals surface area contributed by atoms with Gasteiger partial charge in [-0.1, -0.05) is 13.8 Å². The Hall–Kier alpha value is -1.30. The first-order valence-electron chi connectivity index (χ1n) is 10.7. The molecule has 3 unspecified atom stereocenters. The molecule has 0 aliphatic carbocycles. The average Bonchev–Trinajstić information content (AvgIpc) is 2.94. The van der Waals surface area contributed by atoms with Gasteiger partial charge in [0.05, 0.1) is 0 Å². The highest BCUT2D eigenvalue weighted by Crippen LogP contribution is 2.36. The second-order valence-electron chi connectivity index (χ2n) is 10.0. The molecule has 3 aliphatic rings. The van der Waals surface area contributed by atoms with E-state index in [0.29, 0.717) is 6.42 Å². The summed E-state index contributed by atoms with van der Waals surface area (Å²) in [5.74, 6) is 2.72. The minimum Gasteiger partial charge on any atom is -0.355 e. The lowest BCUT2D eigenvalue weighted by molar-refractivity contribution is -0.119. The predicted molar refractivity (Wildman–Crippen MR) is 111 cm³/mol. The third-order valence-corrected chi connectivity index (χ3v) is 6.77. The molecule has 0 aromatic rings. The molecular weight excluding hydrogens is 338 g/mol. The van der Waals surface area contributed by atoms with E-state index in [0.717, 1.165) is 56.8 Å². The molecule has 6 heteroatoms. The van der Waals surface area contributed by atoms with Gasteiger partial charge in [0.1, 0.15) is 0 Å². The van der Waals surface area contributed by atoms with Crippen molar-refractivity contribution in [2.24, 2.45) is 22.2 Å². The molecule has 2 N–H and O–H groups in total. The van der Waals surface area contributed by atoms with Gasteiger partial charge in [0.25, 0.3) is 0 Å². The maximum absolute atomic E-state index is 11.8. The molecule has 6 nitrogen and oxygen atoms in total. The predicted octanol–water partition coefficient (Wildman–Crippen LogP) is 1.92. The van der Waals surface area contributed by atoms with E-state index in [9.17, 15) is 4.79 Å². The van der Waals surface area contributed by atoms with E-state index < -0.39 is 0 Å². The van der Waals surface area contributed by atoms with Gasteiger partial charge in [-0.25, -0.2) is 0 Å². The van der Waals surface area contributed by atoms with Crippen LogP contribution in [-0.4, -0.2) is 73.5 Å². The van der Waals surface area contributed by atoms with E-state index in [1.807, 2.05) is 7.05 Å². The maximum atomic E-state index is 11.8. The van der Waals surface area contributed by atoms with Gasteiger partial charge in [-0.15, -0.1) is 0 Å². The molecule has 1 spiro atoms. The van der Waals surface area contributed by atoms with Crippen LogP contribution in [0.2, 0.25) is 0 Å². The van der Waals surface area contributed by atoms with E-state index in [1.165, 1.54) is 19.5 Å². The molecule has 0 aromatic carbocycles. The third kappa shape index (κ3) is 4.76. The molecule has 0 aromatic heterocycles. The lowest BCUT2D eigenvalue weighted by Crippen LogP contribution is -2.58. The minimum absolute atomic E-state index is 0.0945. The Labute approximate surface area is 165 Å². The van der Waals surface area contributed by atoms with Crippen molar-refractivity contribution in [3.05, 3.63) is 0 Å². The van der Waals surface area contributed by atoms with Crippen LogP contribution in [0.25, 0.3) is 0 Å². The summed E-state index contributed by atoms with van der Waals surface area (Å²) in [6.45, 7) is 15.4. The molecule has 3 atom stereocenters.